The van der Waals surface area contributed by atoms with E-state index in [2.05, 4.69) is 0 Å². The molecule has 0 N–H and O–H groups in total. The molecule has 0 bridgehead atoms. The van der Waals surface area contributed by atoms with Crippen LogP contribution in [0.1, 0.15) is 0 Å². The minimum atomic E-state index is -1.27. The Kier molecular flexibility index (Phi) is 2.50. The predicted molar refractivity (Wildman–Crippen MR) is 20.0 cm³/mol. The SMILES string of the molecule is O=C([O-])C=CCl. The molecule has 0 atom stereocenters. The maximum Gasteiger partial charge on any atom is 0.0651 e. The molecule has 6 heavy (non-hydrogen) atoms. The molecule has 0 heterocycles. The zero-order valence-corrected chi connectivity index (χ0v) is 3.61. The predicted octanol–water partition coefficient (Wildman–Crippen LogP) is -0.511. The van der Waals surface area contributed by atoms with Crippen molar-refractivity contribution in [2.75, 3.05) is 0 Å². The van der Waals surface area contributed by atoms with Crippen molar-refractivity contribution in [3.05, 3.63) is 11.6 Å². The summed E-state index contributed by atoms with van der Waals surface area (Å²) in [5.74, 6) is -1.27. The fourth-order valence-corrected chi connectivity index (χ4v) is 0.154. The first-order chi connectivity index (χ1) is 2.77. The number of halogens is 1. The van der Waals surface area contributed by atoms with Crippen LogP contribution in [0.15, 0.2) is 11.6 Å². The summed E-state index contributed by atoms with van der Waals surface area (Å²) in [6.45, 7) is 0. The van der Waals surface area contributed by atoms with E-state index in [1.807, 2.05) is 0 Å². The Bertz CT molecular complexity index is 76.9. The van der Waals surface area contributed by atoms with Crippen molar-refractivity contribution in [1.29, 1.82) is 0 Å². The van der Waals surface area contributed by atoms with Gasteiger partial charge in [0.15, 0.2) is 0 Å². The highest BCUT2D eigenvalue weighted by Gasteiger charge is 1.62. The van der Waals surface area contributed by atoms with Crippen LogP contribution < -0.4 is 5.11 Å². The molecule has 0 fully saturated rings. The molecule has 0 aromatic carbocycles. The van der Waals surface area contributed by atoms with Gasteiger partial charge in [0, 0.05) is 5.54 Å². The lowest BCUT2D eigenvalue weighted by Gasteiger charge is -1.82. The number of aliphatic carboxylic acids is 1. The van der Waals surface area contributed by atoms with Gasteiger partial charge in [0.25, 0.3) is 0 Å². The minimum absolute atomic E-state index is 0.738. The number of hydrogen-bond acceptors (Lipinski definition) is 2. The van der Waals surface area contributed by atoms with Crippen molar-refractivity contribution < 1.29 is 9.90 Å². The van der Waals surface area contributed by atoms with Crippen molar-refractivity contribution in [3.8, 4) is 0 Å². The first-order valence-corrected chi connectivity index (χ1v) is 1.68. The van der Waals surface area contributed by atoms with Crippen LogP contribution in [0.2, 0.25) is 0 Å². The highest BCUT2D eigenvalue weighted by molar-refractivity contribution is 6.26. The Morgan fingerprint density at radius 3 is 2.33 bits per heavy atom. The van der Waals surface area contributed by atoms with E-state index in [-0.39, 0.29) is 0 Å². The summed E-state index contributed by atoms with van der Waals surface area (Å²) < 4.78 is 0. The van der Waals surface area contributed by atoms with Gasteiger partial charge in [0.05, 0.1) is 5.97 Å². The van der Waals surface area contributed by atoms with Crippen molar-refractivity contribution in [1.82, 2.24) is 0 Å². The zero-order chi connectivity index (χ0) is 4.99. The third kappa shape index (κ3) is 3.50. The van der Waals surface area contributed by atoms with Gasteiger partial charge < -0.3 is 9.90 Å². The molecule has 0 rings (SSSR count). The second kappa shape index (κ2) is 2.72. The van der Waals surface area contributed by atoms with E-state index in [0.717, 1.165) is 11.6 Å². The molecule has 0 aromatic heterocycles. The number of carbonyl (C=O) groups excluding carboxylic acids is 1. The second-order valence-electron chi connectivity index (χ2n) is 0.612. The molecule has 0 aliphatic heterocycles. The Morgan fingerprint density at radius 2 is 2.33 bits per heavy atom. The van der Waals surface area contributed by atoms with E-state index < -0.39 is 5.97 Å². The summed E-state index contributed by atoms with van der Waals surface area (Å²) in [5.41, 5.74) is 0.884. The van der Waals surface area contributed by atoms with E-state index in [0.29, 0.717) is 0 Å². The molecule has 0 radical (unpaired) electrons. The number of carboxylic acid groups (broad SMARTS) is 1. The summed E-state index contributed by atoms with van der Waals surface area (Å²) in [5, 5.41) is 9.32. The summed E-state index contributed by atoms with van der Waals surface area (Å²) in [6, 6.07) is 0. The van der Waals surface area contributed by atoms with Gasteiger partial charge in [-0.15, -0.1) is 0 Å². The van der Waals surface area contributed by atoms with Gasteiger partial charge in [-0.25, -0.2) is 0 Å². The molecule has 0 amide bonds. The van der Waals surface area contributed by atoms with Crippen LogP contribution in [0.4, 0.5) is 0 Å². The maximum absolute atomic E-state index is 9.32. The zero-order valence-electron chi connectivity index (χ0n) is 2.85. The van der Waals surface area contributed by atoms with E-state index in [4.69, 9.17) is 11.6 Å². The Morgan fingerprint density at radius 1 is 1.83 bits per heavy atom. The molecule has 0 spiro atoms. The average Bonchev–Trinajstić information content (AvgIpc) is 1.35. The molecular weight excluding hydrogens is 103 g/mol. The average molecular weight is 106 g/mol. The van der Waals surface area contributed by atoms with E-state index in [1.165, 1.54) is 0 Å². The first kappa shape index (κ1) is 5.50. The number of rotatable bonds is 1. The minimum Gasteiger partial charge on any atom is -0.545 e. The van der Waals surface area contributed by atoms with Gasteiger partial charge in [-0.1, -0.05) is 11.6 Å². The lowest BCUT2D eigenvalue weighted by molar-refractivity contribution is -0.297. The third-order valence-corrected chi connectivity index (χ3v) is 0.325. The van der Waals surface area contributed by atoms with Gasteiger partial charge in [0.2, 0.25) is 0 Å². The van der Waals surface area contributed by atoms with Gasteiger partial charge in [-0.05, 0) is 6.08 Å². The van der Waals surface area contributed by atoms with Crippen molar-refractivity contribution >= 4 is 17.6 Å². The van der Waals surface area contributed by atoms with Crippen LogP contribution >= 0.6 is 11.6 Å². The molecule has 0 saturated heterocycles. The standard InChI is InChI=1S/C3H3ClO2/c4-2-1-3(5)6/h1-2H,(H,5,6)/p-1. The van der Waals surface area contributed by atoms with Gasteiger partial charge in [-0.3, -0.25) is 0 Å². The fraction of sp³-hybridized carbons (Fsp3) is 0. The van der Waals surface area contributed by atoms with Crippen molar-refractivity contribution in [2.45, 2.75) is 0 Å². The summed E-state index contributed by atoms with van der Waals surface area (Å²) in [7, 11) is 0. The normalized spacial score (nSPS) is 9.50. The Hall–Kier alpha value is -0.500. The summed E-state index contributed by atoms with van der Waals surface area (Å²) >= 11 is 4.80. The van der Waals surface area contributed by atoms with Crippen LogP contribution in [0.3, 0.4) is 0 Å². The quantitative estimate of drug-likeness (QED) is 0.422. The highest BCUT2D eigenvalue weighted by atomic mass is 35.5. The topological polar surface area (TPSA) is 40.1 Å². The van der Waals surface area contributed by atoms with Crippen LogP contribution in [-0.2, 0) is 4.79 Å². The Labute approximate surface area is 40.0 Å². The van der Waals surface area contributed by atoms with Crippen LogP contribution in [-0.4, -0.2) is 5.97 Å². The third-order valence-electron chi connectivity index (χ3n) is 0.199. The van der Waals surface area contributed by atoms with Crippen LogP contribution in [0.5, 0.6) is 0 Å². The van der Waals surface area contributed by atoms with E-state index >= 15 is 0 Å². The molecule has 2 nitrogen and oxygen atoms in total. The molecule has 0 aliphatic carbocycles. The highest BCUT2D eigenvalue weighted by Crippen LogP contribution is 1.72. The van der Waals surface area contributed by atoms with E-state index in [1.54, 1.807) is 0 Å². The largest absolute Gasteiger partial charge is 0.545 e. The van der Waals surface area contributed by atoms with Gasteiger partial charge in [-0.2, -0.15) is 0 Å². The van der Waals surface area contributed by atoms with Gasteiger partial charge in [0.1, 0.15) is 0 Å². The maximum atomic E-state index is 9.32. The lowest BCUT2D eigenvalue weighted by atomic mass is 10.7. The molecule has 34 valence electrons. The lowest BCUT2D eigenvalue weighted by Crippen LogP contribution is -2.18. The van der Waals surface area contributed by atoms with Gasteiger partial charge >= 0.3 is 0 Å². The molecule has 0 unspecified atom stereocenters. The van der Waals surface area contributed by atoms with Crippen LogP contribution in [0, 0.1) is 0 Å². The molecule has 3 heteroatoms. The number of carbonyl (C=O) groups is 1. The second-order valence-corrected chi connectivity index (χ2v) is 0.864. The summed E-state index contributed by atoms with van der Waals surface area (Å²) in [6.07, 6.45) is 0.738. The monoisotopic (exact) mass is 105 g/mol. The van der Waals surface area contributed by atoms with E-state index in [9.17, 15) is 9.90 Å². The number of carboxylic acids is 1. The van der Waals surface area contributed by atoms with Crippen molar-refractivity contribution in [3.63, 3.8) is 0 Å². The van der Waals surface area contributed by atoms with Crippen molar-refractivity contribution in [2.24, 2.45) is 0 Å². The molecular formula is C3H2ClO2-. The Balaban J connectivity index is 3.30. The summed E-state index contributed by atoms with van der Waals surface area (Å²) in [4.78, 5) is 9.32. The molecule has 0 aromatic rings. The fourth-order valence-electron chi connectivity index (χ4n) is 0.0514. The first-order valence-electron chi connectivity index (χ1n) is 1.25. The smallest absolute Gasteiger partial charge is 0.0651 e. The molecule has 0 aliphatic rings. The molecule has 0 saturated carbocycles. The van der Waals surface area contributed by atoms with Crippen LogP contribution in [0.25, 0.3) is 0 Å². The number of hydrogen-bond donors (Lipinski definition) is 0.